The lowest BCUT2D eigenvalue weighted by atomic mass is 9.29. The molecular formula is C24H28F7N3O2. The zero-order chi connectivity index (χ0) is 26.5. The van der Waals surface area contributed by atoms with E-state index in [0.29, 0.717) is 0 Å². The molecule has 1 aromatic heterocycles. The molecule has 5 nitrogen and oxygen atoms in total. The maximum absolute atomic E-state index is 14.5. The van der Waals surface area contributed by atoms with E-state index in [2.05, 4.69) is 10.4 Å². The maximum Gasteiger partial charge on any atom is 0.418 e. The topological polar surface area (TPSA) is 59.3 Å². The summed E-state index contributed by atoms with van der Waals surface area (Å²) in [6, 6.07) is 0.711. The lowest BCUT2D eigenvalue weighted by molar-refractivity contribution is -0.403. The van der Waals surface area contributed by atoms with Crippen molar-refractivity contribution < 1.29 is 40.6 Å². The van der Waals surface area contributed by atoms with Gasteiger partial charge in [0.2, 0.25) is 5.95 Å². The summed E-state index contributed by atoms with van der Waals surface area (Å²) in [6.45, 7) is 4.84. The quantitative estimate of drug-likeness (QED) is 0.490. The van der Waals surface area contributed by atoms with Gasteiger partial charge in [0.05, 0.1) is 27.5 Å². The summed E-state index contributed by atoms with van der Waals surface area (Å²) in [5, 5.41) is 17.9. The third kappa shape index (κ3) is 3.69. The lowest BCUT2D eigenvalue weighted by Gasteiger charge is -2.76. The van der Waals surface area contributed by atoms with Crippen LogP contribution in [0.4, 0.5) is 30.7 Å². The molecule has 0 amide bonds. The van der Waals surface area contributed by atoms with Crippen LogP contribution >= 0.6 is 0 Å². The highest BCUT2D eigenvalue weighted by atomic mass is 19.4. The van der Waals surface area contributed by atoms with Gasteiger partial charge in [0.25, 0.3) is 0 Å². The normalized spacial score (nSPS) is 34.6. The SMILES string of the molecule is CC(C)n1nc(F)c2cc(OC[C@@H]3C[C@](O)(C45CC(C(F)(F)F)(C4)C5)C[C@H](C)N3)cc(C(F)(F)F)c21. The Kier molecular flexibility index (Phi) is 5.48. The molecular weight excluding hydrogens is 495 g/mol. The summed E-state index contributed by atoms with van der Waals surface area (Å²) in [5.74, 6) is -1.25. The van der Waals surface area contributed by atoms with Gasteiger partial charge in [0.1, 0.15) is 12.4 Å². The van der Waals surface area contributed by atoms with E-state index in [1.807, 2.05) is 0 Å². The van der Waals surface area contributed by atoms with Crippen molar-refractivity contribution in [2.75, 3.05) is 6.61 Å². The molecule has 2 N–H and O–H groups in total. The van der Waals surface area contributed by atoms with E-state index >= 15 is 0 Å². The van der Waals surface area contributed by atoms with E-state index in [1.54, 1.807) is 20.8 Å². The van der Waals surface area contributed by atoms with E-state index < -0.39 is 52.4 Å². The van der Waals surface area contributed by atoms with Crippen LogP contribution in [-0.2, 0) is 6.18 Å². The Morgan fingerprint density at radius 2 is 1.78 bits per heavy atom. The third-order valence-electron chi connectivity index (χ3n) is 8.34. The summed E-state index contributed by atoms with van der Waals surface area (Å²) >= 11 is 0. The molecule has 12 heteroatoms. The number of aliphatic hydroxyl groups is 1. The van der Waals surface area contributed by atoms with Crippen LogP contribution in [0, 0.1) is 16.8 Å². The minimum Gasteiger partial charge on any atom is -0.492 e. The molecule has 1 saturated heterocycles. The fourth-order valence-electron chi connectivity index (χ4n) is 6.72. The van der Waals surface area contributed by atoms with E-state index in [0.717, 1.165) is 10.7 Å². The number of alkyl halides is 6. The van der Waals surface area contributed by atoms with E-state index in [9.17, 15) is 35.8 Å². The van der Waals surface area contributed by atoms with Crippen LogP contribution in [0.3, 0.4) is 0 Å². The smallest absolute Gasteiger partial charge is 0.418 e. The monoisotopic (exact) mass is 523 g/mol. The molecule has 4 fully saturated rings. The van der Waals surface area contributed by atoms with Gasteiger partial charge in [-0.05, 0) is 65.0 Å². The maximum atomic E-state index is 14.5. The second-order valence-electron chi connectivity index (χ2n) is 11.3. The highest BCUT2D eigenvalue weighted by Gasteiger charge is 2.83. The summed E-state index contributed by atoms with van der Waals surface area (Å²) in [7, 11) is 0. The number of nitrogens with one attached hydrogen (secondary N) is 1. The summed E-state index contributed by atoms with van der Waals surface area (Å²) in [6.07, 6.45) is -9.01. The highest BCUT2D eigenvalue weighted by Crippen LogP contribution is 2.82. The second kappa shape index (κ2) is 7.72. The molecule has 2 bridgehead atoms. The third-order valence-corrected chi connectivity index (χ3v) is 8.34. The van der Waals surface area contributed by atoms with Gasteiger partial charge < -0.3 is 15.2 Å². The number of benzene rings is 1. The van der Waals surface area contributed by atoms with Gasteiger partial charge in [-0.3, -0.25) is 4.68 Å². The fraction of sp³-hybridized carbons (Fsp3) is 0.708. The van der Waals surface area contributed by atoms with Crippen molar-refractivity contribution in [2.24, 2.45) is 10.8 Å². The molecule has 3 aliphatic carbocycles. The number of halogens is 7. The largest absolute Gasteiger partial charge is 0.492 e. The van der Waals surface area contributed by atoms with Crippen LogP contribution in [0.25, 0.3) is 10.9 Å². The van der Waals surface area contributed by atoms with Crippen molar-refractivity contribution >= 4 is 10.9 Å². The first-order chi connectivity index (χ1) is 16.5. The van der Waals surface area contributed by atoms with Gasteiger partial charge in [0, 0.05) is 23.5 Å². The van der Waals surface area contributed by atoms with Crippen molar-refractivity contribution in [1.82, 2.24) is 15.1 Å². The highest BCUT2D eigenvalue weighted by molar-refractivity contribution is 5.85. The van der Waals surface area contributed by atoms with Crippen LogP contribution in [0.1, 0.15) is 64.5 Å². The molecule has 6 rings (SSSR count). The molecule has 2 aromatic rings. The predicted molar refractivity (Wildman–Crippen MR) is 116 cm³/mol. The minimum absolute atomic E-state index is 0.106. The van der Waals surface area contributed by atoms with Gasteiger partial charge >= 0.3 is 12.4 Å². The van der Waals surface area contributed by atoms with Crippen molar-refractivity contribution in [3.63, 3.8) is 0 Å². The van der Waals surface area contributed by atoms with Crippen LogP contribution in [0.15, 0.2) is 12.1 Å². The number of ether oxygens (including phenoxy) is 1. The standard InChI is InChI=1S/C24H28F7N3O2/c1-12(2)34-18-16(19(25)33-34)4-15(5-17(18)23(26,27)28)36-8-14-7-22(35,6-13(3)32-14)20-9-21(10-20,11-20)24(29,30)31/h4-5,12-14,32,35H,6-11H2,1-3H3/t13-,14-,20?,21?,22-/m0/s1. The van der Waals surface area contributed by atoms with Crippen LogP contribution in [0.5, 0.6) is 5.75 Å². The van der Waals surface area contributed by atoms with E-state index in [-0.39, 0.29) is 61.4 Å². The number of nitrogens with zero attached hydrogens (tertiary/aromatic N) is 2. The molecule has 4 aliphatic rings. The number of piperidine rings is 1. The molecule has 0 radical (unpaired) electrons. The number of hydrogen-bond acceptors (Lipinski definition) is 4. The Hall–Kier alpha value is -2.08. The predicted octanol–water partition coefficient (Wildman–Crippen LogP) is 5.76. The molecule has 200 valence electrons. The van der Waals surface area contributed by atoms with Crippen LogP contribution < -0.4 is 10.1 Å². The molecule has 3 atom stereocenters. The first-order valence-corrected chi connectivity index (χ1v) is 12.0. The second-order valence-corrected chi connectivity index (χ2v) is 11.3. The Labute approximate surface area is 203 Å². The summed E-state index contributed by atoms with van der Waals surface area (Å²) in [5.41, 5.74) is -5.27. The number of fused-ring (bicyclic) bond motifs is 1. The number of aromatic nitrogens is 2. The van der Waals surface area contributed by atoms with Gasteiger partial charge in [-0.2, -0.15) is 30.7 Å². The Morgan fingerprint density at radius 1 is 1.14 bits per heavy atom. The average molecular weight is 523 g/mol. The van der Waals surface area contributed by atoms with Crippen molar-refractivity contribution in [2.45, 2.75) is 89.0 Å². The van der Waals surface area contributed by atoms with Gasteiger partial charge in [0.15, 0.2) is 0 Å². The van der Waals surface area contributed by atoms with Gasteiger partial charge in [-0.1, -0.05) is 0 Å². The Morgan fingerprint density at radius 3 is 2.33 bits per heavy atom. The van der Waals surface area contributed by atoms with Gasteiger partial charge in [-0.15, -0.1) is 5.10 Å². The zero-order valence-corrected chi connectivity index (χ0v) is 20.0. The van der Waals surface area contributed by atoms with Gasteiger partial charge in [-0.25, -0.2) is 0 Å². The van der Waals surface area contributed by atoms with Crippen molar-refractivity contribution in [1.29, 1.82) is 0 Å². The molecule has 0 unspecified atom stereocenters. The molecule has 1 aromatic carbocycles. The lowest BCUT2D eigenvalue weighted by Crippen LogP contribution is -2.78. The average Bonchev–Trinajstić information content (AvgIpc) is 2.97. The minimum atomic E-state index is -4.78. The van der Waals surface area contributed by atoms with Crippen molar-refractivity contribution in [3.05, 3.63) is 23.6 Å². The van der Waals surface area contributed by atoms with E-state index in [1.165, 1.54) is 6.07 Å². The zero-order valence-electron chi connectivity index (χ0n) is 20.0. The van der Waals surface area contributed by atoms with Crippen LogP contribution in [-0.4, -0.2) is 45.4 Å². The molecule has 36 heavy (non-hydrogen) atoms. The summed E-state index contributed by atoms with van der Waals surface area (Å²) < 4.78 is 103. The fourth-order valence-corrected chi connectivity index (χ4v) is 6.72. The molecule has 2 heterocycles. The molecule has 0 spiro atoms. The first kappa shape index (κ1) is 25.6. The van der Waals surface area contributed by atoms with Crippen LogP contribution in [0.2, 0.25) is 0 Å². The molecule has 3 saturated carbocycles. The Bertz CT molecular complexity index is 1170. The van der Waals surface area contributed by atoms with E-state index in [4.69, 9.17) is 4.74 Å². The van der Waals surface area contributed by atoms with Crippen molar-refractivity contribution in [3.8, 4) is 5.75 Å². The molecule has 1 aliphatic heterocycles. The Balaban J connectivity index is 1.36. The first-order valence-electron chi connectivity index (χ1n) is 12.0. The summed E-state index contributed by atoms with van der Waals surface area (Å²) in [4.78, 5) is 0. The number of rotatable bonds is 5. The number of hydrogen-bond donors (Lipinski definition) is 2.